The minimum Gasteiger partial charge on any atom is -0.309 e. The molecule has 0 radical (unpaired) electrons. The first kappa shape index (κ1) is 14.6. The molecule has 1 unspecified atom stereocenters. The van der Waals surface area contributed by atoms with Crippen molar-refractivity contribution in [2.75, 3.05) is 12.3 Å². The highest BCUT2D eigenvalue weighted by Gasteiger charge is 2.12. The molecule has 1 heterocycles. The predicted octanol–water partition coefficient (Wildman–Crippen LogP) is 4.74. The molecule has 0 aliphatic rings. The molecule has 3 aromatic rings. The number of rotatable bonds is 6. The van der Waals surface area contributed by atoms with Gasteiger partial charge in [0.05, 0.1) is 0 Å². The van der Waals surface area contributed by atoms with Crippen LogP contribution in [0.15, 0.2) is 58.4 Å². The van der Waals surface area contributed by atoms with E-state index in [1.165, 1.54) is 16.3 Å². The summed E-state index contributed by atoms with van der Waals surface area (Å²) in [4.78, 5) is 4.35. The molecule has 1 aromatic heterocycles. The first-order chi connectivity index (χ1) is 10.4. The molecule has 0 spiro atoms. The number of fused-ring (bicyclic) bond motifs is 1. The zero-order chi connectivity index (χ0) is 14.5. The van der Waals surface area contributed by atoms with E-state index in [0.717, 1.165) is 16.6 Å². The third-order valence-electron chi connectivity index (χ3n) is 3.41. The molecular formula is C17H18N2S2. The average Bonchev–Trinajstić information content (AvgIpc) is 3.04. The topological polar surface area (TPSA) is 24.9 Å². The van der Waals surface area contributed by atoms with Crippen LogP contribution in [0, 0.1) is 0 Å². The molecule has 4 heteroatoms. The van der Waals surface area contributed by atoms with Gasteiger partial charge in [0.2, 0.25) is 0 Å². The molecule has 0 bridgehead atoms. The molecule has 0 aliphatic carbocycles. The fraction of sp³-hybridized carbons (Fsp3) is 0.235. The van der Waals surface area contributed by atoms with Crippen molar-refractivity contribution in [3.05, 3.63) is 59.6 Å². The summed E-state index contributed by atoms with van der Waals surface area (Å²) < 4.78 is 1.14. The van der Waals surface area contributed by atoms with Crippen molar-refractivity contribution >= 4 is 33.9 Å². The second-order valence-corrected chi connectivity index (χ2v) is 6.99. The first-order valence-electron chi connectivity index (χ1n) is 7.11. The number of nitrogens with zero attached hydrogens (tertiary/aromatic N) is 1. The molecular weight excluding hydrogens is 296 g/mol. The second-order valence-electron chi connectivity index (χ2n) is 4.83. The molecule has 0 aliphatic heterocycles. The van der Waals surface area contributed by atoms with Gasteiger partial charge in [0, 0.05) is 23.4 Å². The molecule has 2 aromatic carbocycles. The fourth-order valence-corrected chi connectivity index (χ4v) is 4.14. The Kier molecular flexibility index (Phi) is 4.91. The molecule has 108 valence electrons. The summed E-state index contributed by atoms with van der Waals surface area (Å²) in [7, 11) is 0. The van der Waals surface area contributed by atoms with Gasteiger partial charge < -0.3 is 5.32 Å². The van der Waals surface area contributed by atoms with Crippen LogP contribution in [0.25, 0.3) is 10.8 Å². The van der Waals surface area contributed by atoms with Gasteiger partial charge in [-0.1, -0.05) is 55.1 Å². The van der Waals surface area contributed by atoms with Gasteiger partial charge in [0.25, 0.3) is 0 Å². The van der Waals surface area contributed by atoms with Crippen LogP contribution in [-0.2, 0) is 0 Å². The molecule has 3 rings (SSSR count). The van der Waals surface area contributed by atoms with Crippen molar-refractivity contribution in [3.8, 4) is 0 Å². The third kappa shape index (κ3) is 3.64. The van der Waals surface area contributed by atoms with E-state index in [1.807, 2.05) is 23.3 Å². The Morgan fingerprint density at radius 2 is 2.05 bits per heavy atom. The van der Waals surface area contributed by atoms with Crippen LogP contribution in [0.1, 0.15) is 18.5 Å². The van der Waals surface area contributed by atoms with E-state index in [4.69, 9.17) is 0 Å². The van der Waals surface area contributed by atoms with E-state index in [1.54, 1.807) is 11.3 Å². The van der Waals surface area contributed by atoms with E-state index in [2.05, 4.69) is 59.7 Å². The van der Waals surface area contributed by atoms with E-state index in [0.29, 0.717) is 6.04 Å². The quantitative estimate of drug-likeness (QED) is 0.665. The van der Waals surface area contributed by atoms with Crippen LogP contribution in [0.2, 0.25) is 0 Å². The molecule has 0 fully saturated rings. The number of thioether (sulfide) groups is 1. The Morgan fingerprint density at radius 1 is 1.19 bits per heavy atom. The van der Waals surface area contributed by atoms with Crippen molar-refractivity contribution < 1.29 is 0 Å². The Labute approximate surface area is 133 Å². The largest absolute Gasteiger partial charge is 0.309 e. The number of benzene rings is 2. The Hall–Kier alpha value is -1.36. The maximum atomic E-state index is 4.35. The van der Waals surface area contributed by atoms with E-state index in [9.17, 15) is 0 Å². The molecule has 1 atom stereocenters. The van der Waals surface area contributed by atoms with Gasteiger partial charge in [0.1, 0.15) is 4.34 Å². The van der Waals surface area contributed by atoms with Gasteiger partial charge >= 0.3 is 0 Å². The molecule has 1 N–H and O–H groups in total. The standard InChI is InChI=1S/C17H18N2S2/c1-2-18-16(12-21-17-19-9-10-20-17)15-8-7-13-5-3-4-6-14(13)11-15/h3-11,16,18H,2,12H2,1H3. The van der Waals surface area contributed by atoms with Gasteiger partial charge in [-0.15, -0.1) is 11.3 Å². The number of hydrogen-bond donors (Lipinski definition) is 1. The Bertz CT molecular complexity index is 695. The van der Waals surface area contributed by atoms with Gasteiger partial charge in [-0.2, -0.15) is 0 Å². The van der Waals surface area contributed by atoms with Gasteiger partial charge in [-0.25, -0.2) is 4.98 Å². The summed E-state index contributed by atoms with van der Waals surface area (Å²) in [5, 5.41) is 8.21. The smallest absolute Gasteiger partial charge is 0.149 e. The monoisotopic (exact) mass is 314 g/mol. The van der Waals surface area contributed by atoms with Crippen LogP contribution < -0.4 is 5.32 Å². The second kappa shape index (κ2) is 7.07. The first-order valence-corrected chi connectivity index (χ1v) is 8.97. The highest BCUT2D eigenvalue weighted by Crippen LogP contribution is 2.27. The summed E-state index contributed by atoms with van der Waals surface area (Å²) in [5.74, 6) is 1.000. The van der Waals surface area contributed by atoms with Crippen molar-refractivity contribution in [2.24, 2.45) is 0 Å². The fourth-order valence-electron chi connectivity index (χ4n) is 2.38. The summed E-state index contributed by atoms with van der Waals surface area (Å²) in [6.45, 7) is 3.12. The summed E-state index contributed by atoms with van der Waals surface area (Å²) >= 11 is 3.53. The SMILES string of the molecule is CCNC(CSc1nccs1)c1ccc2ccccc2c1. The van der Waals surface area contributed by atoms with Crippen molar-refractivity contribution in [1.29, 1.82) is 0 Å². The number of thiazole rings is 1. The highest BCUT2D eigenvalue weighted by atomic mass is 32.2. The van der Waals surface area contributed by atoms with Crippen LogP contribution in [-0.4, -0.2) is 17.3 Å². The lowest BCUT2D eigenvalue weighted by Gasteiger charge is -2.18. The Morgan fingerprint density at radius 3 is 2.81 bits per heavy atom. The van der Waals surface area contributed by atoms with Crippen LogP contribution >= 0.6 is 23.1 Å². The van der Waals surface area contributed by atoms with Gasteiger partial charge in [-0.05, 0) is 28.9 Å². The molecule has 21 heavy (non-hydrogen) atoms. The average molecular weight is 314 g/mol. The van der Waals surface area contributed by atoms with Gasteiger partial charge in [-0.3, -0.25) is 0 Å². The van der Waals surface area contributed by atoms with Crippen LogP contribution in [0.4, 0.5) is 0 Å². The minimum absolute atomic E-state index is 0.355. The predicted molar refractivity (Wildman–Crippen MR) is 93.2 cm³/mol. The summed E-state index contributed by atoms with van der Waals surface area (Å²) in [5.41, 5.74) is 1.35. The highest BCUT2D eigenvalue weighted by molar-refractivity contribution is 8.01. The normalized spacial score (nSPS) is 12.6. The van der Waals surface area contributed by atoms with Crippen molar-refractivity contribution in [2.45, 2.75) is 17.3 Å². The van der Waals surface area contributed by atoms with Crippen LogP contribution in [0.5, 0.6) is 0 Å². The summed E-state index contributed by atoms with van der Waals surface area (Å²) in [6.07, 6.45) is 1.87. The lowest BCUT2D eigenvalue weighted by Crippen LogP contribution is -2.22. The zero-order valence-electron chi connectivity index (χ0n) is 12.0. The van der Waals surface area contributed by atoms with Gasteiger partial charge in [0.15, 0.2) is 0 Å². The third-order valence-corrected chi connectivity index (χ3v) is 5.47. The lowest BCUT2D eigenvalue weighted by molar-refractivity contribution is 0.606. The number of aromatic nitrogens is 1. The molecule has 2 nitrogen and oxygen atoms in total. The molecule has 0 amide bonds. The van der Waals surface area contributed by atoms with E-state index < -0.39 is 0 Å². The lowest BCUT2D eigenvalue weighted by atomic mass is 10.0. The van der Waals surface area contributed by atoms with Crippen molar-refractivity contribution in [3.63, 3.8) is 0 Å². The van der Waals surface area contributed by atoms with Crippen molar-refractivity contribution in [1.82, 2.24) is 10.3 Å². The molecule has 0 saturated carbocycles. The minimum atomic E-state index is 0.355. The number of nitrogens with one attached hydrogen (secondary N) is 1. The summed E-state index contributed by atoms with van der Waals surface area (Å²) in [6, 6.07) is 15.6. The molecule has 0 saturated heterocycles. The van der Waals surface area contributed by atoms with E-state index >= 15 is 0 Å². The maximum Gasteiger partial charge on any atom is 0.149 e. The maximum absolute atomic E-state index is 4.35. The van der Waals surface area contributed by atoms with Crippen LogP contribution in [0.3, 0.4) is 0 Å². The Balaban J connectivity index is 1.80. The number of hydrogen-bond acceptors (Lipinski definition) is 4. The van der Waals surface area contributed by atoms with E-state index in [-0.39, 0.29) is 0 Å². The zero-order valence-corrected chi connectivity index (χ0v) is 13.6.